The molecule has 22 heavy (non-hydrogen) atoms. The molecule has 2 amide bonds. The number of nitrogens with one attached hydrogen (secondary N) is 2. The lowest BCUT2D eigenvalue weighted by molar-refractivity contribution is 0.214. The van der Waals surface area contributed by atoms with Crippen LogP contribution in [-0.2, 0) is 13.1 Å². The number of aromatic nitrogens is 2. The highest BCUT2D eigenvalue weighted by Crippen LogP contribution is 2.03. The van der Waals surface area contributed by atoms with Gasteiger partial charge in [-0.1, -0.05) is 37.3 Å². The van der Waals surface area contributed by atoms with Crippen LogP contribution in [0.25, 0.3) is 0 Å². The highest BCUT2D eigenvalue weighted by Gasteiger charge is 2.08. The summed E-state index contributed by atoms with van der Waals surface area (Å²) in [7, 11) is 0. The van der Waals surface area contributed by atoms with Crippen LogP contribution < -0.4 is 10.6 Å². The Labute approximate surface area is 130 Å². The molecule has 118 valence electrons. The predicted octanol–water partition coefficient (Wildman–Crippen LogP) is 1.50. The average Bonchev–Trinajstić information content (AvgIpc) is 2.99. The average molecular weight is 302 g/mol. The Hall–Kier alpha value is -2.34. The summed E-state index contributed by atoms with van der Waals surface area (Å²) >= 11 is 0. The molecule has 6 heteroatoms. The van der Waals surface area contributed by atoms with Gasteiger partial charge in [-0.3, -0.25) is 4.68 Å². The molecule has 1 aromatic carbocycles. The van der Waals surface area contributed by atoms with Crippen molar-refractivity contribution in [3.8, 4) is 0 Å². The van der Waals surface area contributed by atoms with Crippen molar-refractivity contribution < 1.29 is 9.90 Å². The smallest absolute Gasteiger partial charge is 0.315 e. The SMILES string of the molecule is CCC(CO)NC(=O)NCc1cnn(Cc2ccccc2)c1. The van der Waals surface area contributed by atoms with Crippen LogP contribution >= 0.6 is 0 Å². The van der Waals surface area contributed by atoms with E-state index in [0.29, 0.717) is 19.5 Å². The summed E-state index contributed by atoms with van der Waals surface area (Å²) in [5, 5.41) is 18.8. The van der Waals surface area contributed by atoms with Crippen LogP contribution in [0.3, 0.4) is 0 Å². The molecule has 1 unspecified atom stereocenters. The second-order valence-corrected chi connectivity index (χ2v) is 5.15. The number of amides is 2. The van der Waals surface area contributed by atoms with E-state index in [0.717, 1.165) is 5.56 Å². The molecule has 0 spiro atoms. The summed E-state index contributed by atoms with van der Waals surface area (Å²) < 4.78 is 1.84. The van der Waals surface area contributed by atoms with Crippen molar-refractivity contribution >= 4 is 6.03 Å². The Kier molecular flexibility index (Phi) is 5.97. The fourth-order valence-corrected chi connectivity index (χ4v) is 2.05. The predicted molar refractivity (Wildman–Crippen MR) is 84.3 cm³/mol. The number of carbonyl (C=O) groups is 1. The van der Waals surface area contributed by atoms with Gasteiger partial charge in [-0.2, -0.15) is 5.10 Å². The number of aliphatic hydroxyl groups excluding tert-OH is 1. The molecule has 1 aromatic heterocycles. The number of urea groups is 1. The number of benzene rings is 1. The van der Waals surface area contributed by atoms with Gasteiger partial charge in [0, 0.05) is 18.3 Å². The zero-order valence-electron chi connectivity index (χ0n) is 12.7. The van der Waals surface area contributed by atoms with Gasteiger partial charge in [0.25, 0.3) is 0 Å². The maximum Gasteiger partial charge on any atom is 0.315 e. The molecule has 0 saturated heterocycles. The zero-order chi connectivity index (χ0) is 15.8. The Bertz CT molecular complexity index is 579. The molecule has 0 aliphatic heterocycles. The minimum absolute atomic E-state index is 0.0566. The topological polar surface area (TPSA) is 79.2 Å². The van der Waals surface area contributed by atoms with Gasteiger partial charge < -0.3 is 15.7 Å². The van der Waals surface area contributed by atoms with E-state index in [9.17, 15) is 4.79 Å². The highest BCUT2D eigenvalue weighted by molar-refractivity contribution is 5.74. The lowest BCUT2D eigenvalue weighted by Gasteiger charge is -2.14. The summed E-state index contributed by atoms with van der Waals surface area (Å²) in [5.41, 5.74) is 2.11. The van der Waals surface area contributed by atoms with Gasteiger partial charge >= 0.3 is 6.03 Å². The molecule has 0 aliphatic carbocycles. The lowest BCUT2D eigenvalue weighted by atomic mass is 10.2. The Morgan fingerprint density at radius 3 is 2.77 bits per heavy atom. The van der Waals surface area contributed by atoms with Crippen LogP contribution in [0.4, 0.5) is 4.79 Å². The minimum atomic E-state index is -0.281. The second-order valence-electron chi connectivity index (χ2n) is 5.15. The van der Waals surface area contributed by atoms with Gasteiger partial charge in [-0.15, -0.1) is 0 Å². The van der Waals surface area contributed by atoms with E-state index in [-0.39, 0.29) is 18.7 Å². The number of rotatable bonds is 7. The number of nitrogens with zero attached hydrogens (tertiary/aromatic N) is 2. The second kappa shape index (κ2) is 8.19. The Morgan fingerprint density at radius 1 is 1.32 bits per heavy atom. The van der Waals surface area contributed by atoms with Crippen molar-refractivity contribution in [1.82, 2.24) is 20.4 Å². The van der Waals surface area contributed by atoms with Gasteiger partial charge in [0.05, 0.1) is 25.4 Å². The molecule has 0 saturated carbocycles. The van der Waals surface area contributed by atoms with Crippen molar-refractivity contribution in [2.75, 3.05) is 6.61 Å². The van der Waals surface area contributed by atoms with Crippen molar-refractivity contribution in [2.45, 2.75) is 32.5 Å². The quantitative estimate of drug-likeness (QED) is 0.725. The molecular weight excluding hydrogens is 280 g/mol. The molecular formula is C16H22N4O2. The van der Waals surface area contributed by atoms with E-state index in [1.807, 2.05) is 48.1 Å². The van der Waals surface area contributed by atoms with E-state index in [2.05, 4.69) is 15.7 Å². The number of hydrogen-bond donors (Lipinski definition) is 3. The number of aliphatic hydroxyl groups is 1. The number of carbonyl (C=O) groups excluding carboxylic acids is 1. The lowest BCUT2D eigenvalue weighted by Crippen LogP contribution is -2.43. The van der Waals surface area contributed by atoms with E-state index < -0.39 is 0 Å². The normalized spacial score (nSPS) is 11.9. The zero-order valence-corrected chi connectivity index (χ0v) is 12.7. The third-order valence-electron chi connectivity index (χ3n) is 3.38. The first-order valence-electron chi connectivity index (χ1n) is 7.41. The fraction of sp³-hybridized carbons (Fsp3) is 0.375. The third kappa shape index (κ3) is 4.89. The molecule has 1 heterocycles. The molecule has 2 rings (SSSR count). The van der Waals surface area contributed by atoms with E-state index in [4.69, 9.17) is 5.11 Å². The molecule has 0 radical (unpaired) electrons. The van der Waals surface area contributed by atoms with Crippen LogP contribution in [0.1, 0.15) is 24.5 Å². The van der Waals surface area contributed by atoms with Gasteiger partial charge in [-0.05, 0) is 12.0 Å². The summed E-state index contributed by atoms with van der Waals surface area (Å²) in [6.07, 6.45) is 4.35. The van der Waals surface area contributed by atoms with Crippen molar-refractivity contribution in [1.29, 1.82) is 0 Å². The van der Waals surface area contributed by atoms with Crippen LogP contribution in [0.2, 0.25) is 0 Å². The van der Waals surface area contributed by atoms with Gasteiger partial charge in [0.2, 0.25) is 0 Å². The van der Waals surface area contributed by atoms with Crippen LogP contribution in [0.15, 0.2) is 42.7 Å². The fourth-order valence-electron chi connectivity index (χ4n) is 2.05. The molecule has 2 aromatic rings. The first-order chi connectivity index (χ1) is 10.7. The molecule has 0 fully saturated rings. The standard InChI is InChI=1S/C16H22N4O2/c1-2-15(12-21)19-16(22)17-8-14-9-18-20(11-14)10-13-6-4-3-5-7-13/h3-7,9,11,15,21H,2,8,10,12H2,1H3,(H2,17,19,22). The molecule has 6 nitrogen and oxygen atoms in total. The van der Waals surface area contributed by atoms with E-state index >= 15 is 0 Å². The van der Waals surface area contributed by atoms with Crippen LogP contribution in [0, 0.1) is 0 Å². The van der Waals surface area contributed by atoms with E-state index in [1.165, 1.54) is 5.56 Å². The molecule has 0 aliphatic rings. The van der Waals surface area contributed by atoms with Crippen molar-refractivity contribution in [2.24, 2.45) is 0 Å². The first kappa shape index (κ1) is 16.0. The van der Waals surface area contributed by atoms with Gasteiger partial charge in [-0.25, -0.2) is 4.79 Å². The highest BCUT2D eigenvalue weighted by atomic mass is 16.3. The monoisotopic (exact) mass is 302 g/mol. The van der Waals surface area contributed by atoms with E-state index in [1.54, 1.807) is 6.20 Å². The Morgan fingerprint density at radius 2 is 2.09 bits per heavy atom. The summed E-state index contributed by atoms with van der Waals surface area (Å²) in [6.45, 7) is 2.96. The van der Waals surface area contributed by atoms with Crippen LogP contribution in [-0.4, -0.2) is 33.6 Å². The molecule has 0 bridgehead atoms. The van der Waals surface area contributed by atoms with Crippen LogP contribution in [0.5, 0.6) is 0 Å². The minimum Gasteiger partial charge on any atom is -0.394 e. The van der Waals surface area contributed by atoms with Gasteiger partial charge in [0.15, 0.2) is 0 Å². The summed E-state index contributed by atoms with van der Waals surface area (Å²) in [6, 6.07) is 9.59. The largest absolute Gasteiger partial charge is 0.394 e. The van der Waals surface area contributed by atoms with Crippen molar-refractivity contribution in [3.63, 3.8) is 0 Å². The molecule has 3 N–H and O–H groups in total. The summed E-state index contributed by atoms with van der Waals surface area (Å²) in [4.78, 5) is 11.7. The Balaban J connectivity index is 1.81. The molecule has 1 atom stereocenters. The number of hydrogen-bond acceptors (Lipinski definition) is 3. The third-order valence-corrected chi connectivity index (χ3v) is 3.38. The van der Waals surface area contributed by atoms with Gasteiger partial charge in [0.1, 0.15) is 0 Å². The summed E-state index contributed by atoms with van der Waals surface area (Å²) in [5.74, 6) is 0. The maximum atomic E-state index is 11.7. The van der Waals surface area contributed by atoms with Crippen molar-refractivity contribution in [3.05, 3.63) is 53.9 Å². The maximum absolute atomic E-state index is 11.7. The first-order valence-corrected chi connectivity index (χ1v) is 7.41.